The molecule has 0 bridgehead atoms. The van der Waals surface area contributed by atoms with Crippen molar-refractivity contribution in [2.24, 2.45) is 0 Å². The molecule has 0 aliphatic heterocycles. The molecule has 0 aliphatic carbocycles. The number of nitrogens with one attached hydrogen (secondary N) is 2. The number of halogens is 1. The quantitative estimate of drug-likeness (QED) is 0.886. The van der Waals surface area contributed by atoms with Crippen molar-refractivity contribution in [1.29, 1.82) is 0 Å². The molecule has 0 fully saturated rings. The van der Waals surface area contributed by atoms with Crippen molar-refractivity contribution in [2.45, 2.75) is 6.42 Å². The number of hydrogen-bond donors (Lipinski definition) is 2. The molecule has 2 aromatic rings. The lowest BCUT2D eigenvalue weighted by atomic mass is 10.3. The predicted molar refractivity (Wildman–Crippen MR) is 78.0 cm³/mol. The molecule has 0 aromatic carbocycles. The standard InChI is InChI=1S/C12H14BrN3S/c1-14-11-3-2-4-12(16-11)15-8-7-9-5-6-10(13)17-9/h2-6H,7-8H2,1H3,(H2,14,15,16). The van der Waals surface area contributed by atoms with Gasteiger partial charge in [-0.15, -0.1) is 11.3 Å². The molecule has 3 nitrogen and oxygen atoms in total. The second kappa shape index (κ2) is 6.02. The van der Waals surface area contributed by atoms with E-state index in [9.17, 15) is 0 Å². The average Bonchev–Trinajstić information content (AvgIpc) is 2.75. The molecule has 0 spiro atoms. The third-order valence-electron chi connectivity index (χ3n) is 2.31. The number of nitrogens with zero attached hydrogens (tertiary/aromatic N) is 1. The van der Waals surface area contributed by atoms with Crippen molar-refractivity contribution < 1.29 is 0 Å². The first-order valence-corrected chi connectivity index (χ1v) is 7.02. The van der Waals surface area contributed by atoms with E-state index < -0.39 is 0 Å². The molecule has 0 atom stereocenters. The molecule has 0 amide bonds. The van der Waals surface area contributed by atoms with Gasteiger partial charge in [0.2, 0.25) is 0 Å². The Hall–Kier alpha value is -1.07. The van der Waals surface area contributed by atoms with Gasteiger partial charge in [0.15, 0.2) is 0 Å². The fraction of sp³-hybridized carbons (Fsp3) is 0.250. The van der Waals surface area contributed by atoms with Crippen LogP contribution in [0.1, 0.15) is 4.88 Å². The number of pyridine rings is 1. The minimum atomic E-state index is 0.883. The van der Waals surface area contributed by atoms with E-state index in [-0.39, 0.29) is 0 Å². The van der Waals surface area contributed by atoms with Crippen LogP contribution in [0.5, 0.6) is 0 Å². The first kappa shape index (κ1) is 12.4. The van der Waals surface area contributed by atoms with Crippen LogP contribution in [0, 0.1) is 0 Å². The normalized spacial score (nSPS) is 10.2. The Labute approximate surface area is 113 Å². The van der Waals surface area contributed by atoms with Crippen molar-refractivity contribution >= 4 is 38.9 Å². The van der Waals surface area contributed by atoms with Crippen molar-refractivity contribution in [2.75, 3.05) is 24.2 Å². The molecule has 2 heterocycles. The van der Waals surface area contributed by atoms with Crippen molar-refractivity contribution in [3.63, 3.8) is 0 Å². The van der Waals surface area contributed by atoms with Gasteiger partial charge < -0.3 is 10.6 Å². The summed E-state index contributed by atoms with van der Waals surface area (Å²) in [5, 5.41) is 6.34. The van der Waals surface area contributed by atoms with Crippen molar-refractivity contribution in [3.8, 4) is 0 Å². The third kappa shape index (κ3) is 3.71. The lowest BCUT2D eigenvalue weighted by molar-refractivity contribution is 1.03. The van der Waals surface area contributed by atoms with Crippen LogP contribution in [-0.4, -0.2) is 18.6 Å². The monoisotopic (exact) mass is 311 g/mol. The summed E-state index contributed by atoms with van der Waals surface area (Å²) in [6.45, 7) is 0.896. The Kier molecular flexibility index (Phi) is 4.39. The van der Waals surface area contributed by atoms with Gasteiger partial charge in [0.25, 0.3) is 0 Å². The van der Waals surface area contributed by atoms with E-state index in [4.69, 9.17) is 0 Å². The van der Waals surface area contributed by atoms with Crippen LogP contribution < -0.4 is 10.6 Å². The highest BCUT2D eigenvalue weighted by atomic mass is 79.9. The molecule has 5 heteroatoms. The van der Waals surface area contributed by atoms with Crippen LogP contribution in [0.3, 0.4) is 0 Å². The van der Waals surface area contributed by atoms with Gasteiger partial charge >= 0.3 is 0 Å². The highest BCUT2D eigenvalue weighted by molar-refractivity contribution is 9.11. The SMILES string of the molecule is CNc1cccc(NCCc2ccc(Br)s2)n1. The van der Waals surface area contributed by atoms with Gasteiger partial charge in [0, 0.05) is 18.5 Å². The molecule has 0 saturated heterocycles. The Balaban J connectivity index is 1.85. The molecule has 2 N–H and O–H groups in total. The Morgan fingerprint density at radius 1 is 1.24 bits per heavy atom. The molecular formula is C12H14BrN3S. The van der Waals surface area contributed by atoms with Gasteiger partial charge in [0.05, 0.1) is 3.79 Å². The van der Waals surface area contributed by atoms with Crippen LogP contribution in [0.15, 0.2) is 34.1 Å². The van der Waals surface area contributed by atoms with E-state index in [0.717, 1.165) is 24.6 Å². The third-order valence-corrected chi connectivity index (χ3v) is 4.00. The largest absolute Gasteiger partial charge is 0.373 e. The summed E-state index contributed by atoms with van der Waals surface area (Å²) >= 11 is 5.24. The fourth-order valence-electron chi connectivity index (χ4n) is 1.47. The topological polar surface area (TPSA) is 37.0 Å². The Morgan fingerprint density at radius 2 is 2.06 bits per heavy atom. The Bertz CT molecular complexity index is 484. The molecule has 0 radical (unpaired) electrons. The number of thiophene rings is 1. The maximum atomic E-state index is 4.40. The molecule has 17 heavy (non-hydrogen) atoms. The fourth-order valence-corrected chi connectivity index (χ4v) is 2.95. The average molecular weight is 312 g/mol. The van der Waals surface area contributed by atoms with Gasteiger partial charge in [-0.1, -0.05) is 6.07 Å². The number of aromatic nitrogens is 1. The predicted octanol–water partition coefficient (Wildman–Crippen LogP) is 3.60. The summed E-state index contributed by atoms with van der Waals surface area (Å²) in [6.07, 6.45) is 1.02. The van der Waals surface area contributed by atoms with Crippen LogP contribution in [-0.2, 0) is 6.42 Å². The van der Waals surface area contributed by atoms with Gasteiger partial charge in [-0.2, -0.15) is 0 Å². The van der Waals surface area contributed by atoms with Crippen LogP contribution in [0.25, 0.3) is 0 Å². The zero-order chi connectivity index (χ0) is 12.1. The van der Waals surface area contributed by atoms with E-state index in [1.807, 2.05) is 25.2 Å². The van der Waals surface area contributed by atoms with Gasteiger partial charge in [-0.25, -0.2) is 4.98 Å². The molecule has 0 unspecified atom stereocenters. The van der Waals surface area contributed by atoms with Crippen LogP contribution >= 0.6 is 27.3 Å². The number of hydrogen-bond acceptors (Lipinski definition) is 4. The molecular weight excluding hydrogens is 298 g/mol. The van der Waals surface area contributed by atoms with E-state index in [0.29, 0.717) is 0 Å². The zero-order valence-electron chi connectivity index (χ0n) is 9.53. The van der Waals surface area contributed by atoms with Crippen LogP contribution in [0.2, 0.25) is 0 Å². The van der Waals surface area contributed by atoms with E-state index in [2.05, 4.69) is 43.7 Å². The maximum Gasteiger partial charge on any atom is 0.128 e. The van der Waals surface area contributed by atoms with Gasteiger partial charge in [-0.3, -0.25) is 0 Å². The highest BCUT2D eigenvalue weighted by Gasteiger charge is 1.99. The summed E-state index contributed by atoms with van der Waals surface area (Å²) in [5.74, 6) is 1.79. The van der Waals surface area contributed by atoms with Gasteiger partial charge in [0.1, 0.15) is 11.6 Å². The second-order valence-electron chi connectivity index (χ2n) is 3.54. The molecule has 0 saturated carbocycles. The summed E-state index contributed by atoms with van der Waals surface area (Å²) in [6, 6.07) is 10.1. The number of anilines is 2. The van der Waals surface area contributed by atoms with E-state index >= 15 is 0 Å². The van der Waals surface area contributed by atoms with Crippen molar-refractivity contribution in [3.05, 3.63) is 39.0 Å². The van der Waals surface area contributed by atoms with E-state index in [1.54, 1.807) is 11.3 Å². The Morgan fingerprint density at radius 3 is 2.76 bits per heavy atom. The maximum absolute atomic E-state index is 4.40. The highest BCUT2D eigenvalue weighted by Crippen LogP contribution is 2.22. The first-order valence-electron chi connectivity index (χ1n) is 5.41. The molecule has 2 rings (SSSR count). The minimum absolute atomic E-state index is 0.883. The molecule has 90 valence electrons. The zero-order valence-corrected chi connectivity index (χ0v) is 11.9. The first-order chi connectivity index (χ1) is 8.28. The molecule has 0 aliphatic rings. The lowest BCUT2D eigenvalue weighted by Crippen LogP contribution is -2.06. The summed E-state index contributed by atoms with van der Waals surface area (Å²) in [5.41, 5.74) is 0. The minimum Gasteiger partial charge on any atom is -0.373 e. The lowest BCUT2D eigenvalue weighted by Gasteiger charge is -2.06. The molecule has 2 aromatic heterocycles. The van der Waals surface area contributed by atoms with Crippen LogP contribution in [0.4, 0.5) is 11.6 Å². The summed E-state index contributed by atoms with van der Waals surface area (Å²) in [7, 11) is 1.87. The van der Waals surface area contributed by atoms with Gasteiger partial charge in [-0.05, 0) is 46.6 Å². The van der Waals surface area contributed by atoms with Crippen molar-refractivity contribution in [1.82, 2.24) is 4.98 Å². The smallest absolute Gasteiger partial charge is 0.128 e. The second-order valence-corrected chi connectivity index (χ2v) is 6.09. The van der Waals surface area contributed by atoms with E-state index in [1.165, 1.54) is 8.66 Å². The summed E-state index contributed by atoms with van der Waals surface area (Å²) < 4.78 is 1.18. The number of rotatable bonds is 5. The summed E-state index contributed by atoms with van der Waals surface area (Å²) in [4.78, 5) is 5.77.